The first-order valence-corrected chi connectivity index (χ1v) is 8.49. The summed E-state index contributed by atoms with van der Waals surface area (Å²) in [5.74, 6) is 7.69. The molecule has 4 nitrogen and oxygen atoms in total. The predicted molar refractivity (Wildman–Crippen MR) is 95.8 cm³/mol. The van der Waals surface area contributed by atoms with Gasteiger partial charge >= 0.3 is 0 Å². The molecular weight excluding hydrogens is 304 g/mol. The standard InChI is InChI=1S/C18H20N4S/c1-12-5-4-6-16(9-12)17-20-21-18(22(17)19)23-11-15-8-7-13(2)14(3)10-15/h4-10H,11,19H2,1-3H3. The highest BCUT2D eigenvalue weighted by molar-refractivity contribution is 7.98. The Bertz CT molecular complexity index is 839. The van der Waals surface area contributed by atoms with Crippen molar-refractivity contribution in [3.05, 3.63) is 64.7 Å². The van der Waals surface area contributed by atoms with Gasteiger partial charge < -0.3 is 5.84 Å². The molecule has 0 bridgehead atoms. The third kappa shape index (κ3) is 3.40. The first-order valence-electron chi connectivity index (χ1n) is 7.51. The van der Waals surface area contributed by atoms with Gasteiger partial charge in [-0.05, 0) is 43.5 Å². The van der Waals surface area contributed by atoms with E-state index in [1.165, 1.54) is 22.3 Å². The van der Waals surface area contributed by atoms with E-state index in [9.17, 15) is 0 Å². The molecular formula is C18H20N4S. The highest BCUT2D eigenvalue weighted by atomic mass is 32.2. The van der Waals surface area contributed by atoms with Gasteiger partial charge in [0.05, 0.1) is 0 Å². The second kappa shape index (κ2) is 6.46. The number of aryl methyl sites for hydroxylation is 3. The Morgan fingerprint density at radius 2 is 1.83 bits per heavy atom. The van der Waals surface area contributed by atoms with E-state index >= 15 is 0 Å². The third-order valence-corrected chi connectivity index (χ3v) is 4.89. The van der Waals surface area contributed by atoms with Crippen LogP contribution in [0.2, 0.25) is 0 Å². The van der Waals surface area contributed by atoms with Crippen molar-refractivity contribution in [2.45, 2.75) is 31.7 Å². The summed E-state index contributed by atoms with van der Waals surface area (Å²) < 4.78 is 1.57. The summed E-state index contributed by atoms with van der Waals surface area (Å²) in [6, 6.07) is 14.6. The van der Waals surface area contributed by atoms with Crippen molar-refractivity contribution in [2.24, 2.45) is 0 Å². The number of nitrogens with two attached hydrogens (primary N) is 1. The molecule has 1 heterocycles. The molecule has 0 aliphatic carbocycles. The molecule has 0 atom stereocenters. The molecule has 118 valence electrons. The minimum atomic E-state index is 0.691. The summed E-state index contributed by atoms with van der Waals surface area (Å²) >= 11 is 1.60. The molecule has 3 aromatic rings. The minimum absolute atomic E-state index is 0.691. The Morgan fingerprint density at radius 3 is 2.57 bits per heavy atom. The van der Waals surface area contributed by atoms with Gasteiger partial charge in [0.15, 0.2) is 5.82 Å². The zero-order chi connectivity index (χ0) is 16.4. The van der Waals surface area contributed by atoms with Gasteiger partial charge in [-0.1, -0.05) is 53.7 Å². The SMILES string of the molecule is Cc1cccc(-c2nnc(SCc3ccc(C)c(C)c3)n2N)c1. The van der Waals surface area contributed by atoms with Gasteiger partial charge in [-0.25, -0.2) is 4.68 Å². The Kier molecular flexibility index (Phi) is 4.39. The molecule has 0 fully saturated rings. The van der Waals surface area contributed by atoms with E-state index in [0.29, 0.717) is 5.82 Å². The molecule has 5 heteroatoms. The van der Waals surface area contributed by atoms with Crippen molar-refractivity contribution in [2.75, 3.05) is 5.84 Å². The fourth-order valence-corrected chi connectivity index (χ4v) is 3.20. The Labute approximate surface area is 140 Å². The van der Waals surface area contributed by atoms with Crippen molar-refractivity contribution in [1.29, 1.82) is 0 Å². The van der Waals surface area contributed by atoms with Crippen molar-refractivity contribution in [3.63, 3.8) is 0 Å². The van der Waals surface area contributed by atoms with Crippen molar-refractivity contribution >= 4 is 11.8 Å². The molecule has 0 saturated carbocycles. The van der Waals surface area contributed by atoms with Crippen LogP contribution in [0.3, 0.4) is 0 Å². The fraction of sp³-hybridized carbons (Fsp3) is 0.222. The van der Waals surface area contributed by atoms with Crippen molar-refractivity contribution in [1.82, 2.24) is 14.9 Å². The first kappa shape index (κ1) is 15.6. The molecule has 2 aromatic carbocycles. The van der Waals surface area contributed by atoms with Crippen LogP contribution in [0.5, 0.6) is 0 Å². The highest BCUT2D eigenvalue weighted by Crippen LogP contribution is 2.25. The number of nitrogen functional groups attached to an aromatic ring is 1. The molecule has 0 amide bonds. The summed E-state index contributed by atoms with van der Waals surface area (Å²) in [5.41, 5.74) is 6.03. The minimum Gasteiger partial charge on any atom is -0.335 e. The molecule has 0 aliphatic heterocycles. The van der Waals surface area contributed by atoms with Gasteiger partial charge in [-0.2, -0.15) is 0 Å². The van der Waals surface area contributed by atoms with Gasteiger partial charge in [0.25, 0.3) is 0 Å². The average molecular weight is 324 g/mol. The van der Waals surface area contributed by atoms with Gasteiger partial charge in [-0.15, -0.1) is 10.2 Å². The second-order valence-corrected chi connectivity index (χ2v) is 6.70. The van der Waals surface area contributed by atoms with Crippen LogP contribution in [0.4, 0.5) is 0 Å². The summed E-state index contributed by atoms with van der Waals surface area (Å²) in [6.07, 6.45) is 0. The zero-order valence-corrected chi connectivity index (χ0v) is 14.4. The fourth-order valence-electron chi connectivity index (χ4n) is 2.40. The van der Waals surface area contributed by atoms with E-state index in [0.717, 1.165) is 16.5 Å². The van der Waals surface area contributed by atoms with E-state index in [-0.39, 0.29) is 0 Å². The number of hydrogen-bond acceptors (Lipinski definition) is 4. The molecule has 0 unspecified atom stereocenters. The molecule has 0 radical (unpaired) electrons. The maximum absolute atomic E-state index is 6.17. The average Bonchev–Trinajstić information content (AvgIpc) is 2.89. The van der Waals surface area contributed by atoms with Gasteiger partial charge in [-0.3, -0.25) is 0 Å². The van der Waals surface area contributed by atoms with E-state index in [1.807, 2.05) is 12.1 Å². The Morgan fingerprint density at radius 1 is 1.00 bits per heavy atom. The largest absolute Gasteiger partial charge is 0.335 e. The lowest BCUT2D eigenvalue weighted by Gasteiger charge is -2.06. The number of thioether (sulfide) groups is 1. The lowest BCUT2D eigenvalue weighted by Crippen LogP contribution is -2.11. The van der Waals surface area contributed by atoms with Crippen LogP contribution < -0.4 is 5.84 Å². The van der Waals surface area contributed by atoms with E-state index in [2.05, 4.69) is 61.3 Å². The lowest BCUT2D eigenvalue weighted by atomic mass is 10.1. The monoisotopic (exact) mass is 324 g/mol. The second-order valence-electron chi connectivity index (χ2n) is 5.75. The van der Waals surface area contributed by atoms with Gasteiger partial charge in [0.1, 0.15) is 0 Å². The van der Waals surface area contributed by atoms with Crippen LogP contribution in [0.15, 0.2) is 47.6 Å². The smallest absolute Gasteiger partial charge is 0.210 e. The molecule has 0 aliphatic rings. The topological polar surface area (TPSA) is 56.7 Å². The summed E-state index contributed by atoms with van der Waals surface area (Å²) in [7, 11) is 0. The van der Waals surface area contributed by atoms with Crippen LogP contribution in [-0.2, 0) is 5.75 Å². The van der Waals surface area contributed by atoms with E-state index in [4.69, 9.17) is 5.84 Å². The molecule has 3 rings (SSSR count). The third-order valence-electron chi connectivity index (χ3n) is 3.88. The van der Waals surface area contributed by atoms with Crippen molar-refractivity contribution < 1.29 is 0 Å². The lowest BCUT2D eigenvalue weighted by molar-refractivity contribution is 0.849. The van der Waals surface area contributed by atoms with Crippen LogP contribution in [0.25, 0.3) is 11.4 Å². The van der Waals surface area contributed by atoms with Crippen LogP contribution >= 0.6 is 11.8 Å². The molecule has 23 heavy (non-hydrogen) atoms. The summed E-state index contributed by atoms with van der Waals surface area (Å²) in [5, 5.41) is 9.19. The zero-order valence-electron chi connectivity index (χ0n) is 13.6. The van der Waals surface area contributed by atoms with E-state index < -0.39 is 0 Å². The summed E-state index contributed by atoms with van der Waals surface area (Å²) in [4.78, 5) is 0. The molecule has 2 N–H and O–H groups in total. The maximum atomic E-state index is 6.17. The molecule has 1 aromatic heterocycles. The highest BCUT2D eigenvalue weighted by Gasteiger charge is 2.12. The van der Waals surface area contributed by atoms with Gasteiger partial charge in [0, 0.05) is 11.3 Å². The number of aromatic nitrogens is 3. The number of nitrogens with zero attached hydrogens (tertiary/aromatic N) is 3. The van der Waals surface area contributed by atoms with Crippen LogP contribution in [-0.4, -0.2) is 14.9 Å². The normalized spacial score (nSPS) is 10.9. The van der Waals surface area contributed by atoms with Crippen LogP contribution in [0, 0.1) is 20.8 Å². The number of benzene rings is 2. The summed E-state index contributed by atoms with van der Waals surface area (Å²) in [6.45, 7) is 6.30. The molecule has 0 spiro atoms. The predicted octanol–water partition coefficient (Wildman–Crippen LogP) is 3.88. The van der Waals surface area contributed by atoms with E-state index in [1.54, 1.807) is 16.4 Å². The van der Waals surface area contributed by atoms with Crippen LogP contribution in [0.1, 0.15) is 22.3 Å². The molecule has 0 saturated heterocycles. The number of hydrogen-bond donors (Lipinski definition) is 1. The van der Waals surface area contributed by atoms with Crippen molar-refractivity contribution in [3.8, 4) is 11.4 Å². The maximum Gasteiger partial charge on any atom is 0.210 e. The Hall–Kier alpha value is -2.27. The Balaban J connectivity index is 1.78. The van der Waals surface area contributed by atoms with Gasteiger partial charge in [0.2, 0.25) is 5.16 Å². The number of rotatable bonds is 4. The first-order chi connectivity index (χ1) is 11.0. The quantitative estimate of drug-likeness (QED) is 0.584.